The van der Waals surface area contributed by atoms with Gasteiger partial charge in [-0.2, -0.15) is 0 Å². The van der Waals surface area contributed by atoms with Crippen LogP contribution < -0.4 is 4.74 Å². The number of pyridine rings is 1. The van der Waals surface area contributed by atoms with Crippen molar-refractivity contribution in [3.63, 3.8) is 0 Å². The van der Waals surface area contributed by atoms with Crippen LogP contribution in [0.1, 0.15) is 26.2 Å². The van der Waals surface area contributed by atoms with Crippen LogP contribution in [-0.4, -0.2) is 58.9 Å². The number of piperidine rings is 1. The number of hydrogen-bond acceptors (Lipinski definition) is 4. The number of rotatable bonds is 3. The predicted molar refractivity (Wildman–Crippen MR) is 102 cm³/mol. The minimum absolute atomic E-state index is 0.00105. The number of carbonyl (C=O) groups is 2. The van der Waals surface area contributed by atoms with Crippen molar-refractivity contribution in [3.05, 3.63) is 36.5 Å². The summed E-state index contributed by atoms with van der Waals surface area (Å²) >= 11 is 0. The molecular formula is C21H25N3O3. The standard InChI is InChI=1S/C21H25N3O3/c1-15(25)23-11-7-17(8-12-23)21(26)24-13-9-18(14-24)27-19-6-2-4-16-5-3-10-22-20(16)19/h2-6,10,17-18H,7-9,11-14H2,1H3. The van der Waals surface area contributed by atoms with Crippen LogP contribution in [0.15, 0.2) is 36.5 Å². The molecule has 1 aromatic carbocycles. The number of nitrogens with zero attached hydrogens (tertiary/aromatic N) is 3. The van der Waals surface area contributed by atoms with Gasteiger partial charge in [-0.3, -0.25) is 14.6 Å². The third-order valence-corrected chi connectivity index (χ3v) is 5.64. The van der Waals surface area contributed by atoms with Crippen LogP contribution in [-0.2, 0) is 9.59 Å². The highest BCUT2D eigenvalue weighted by Gasteiger charge is 2.34. The highest BCUT2D eigenvalue weighted by Crippen LogP contribution is 2.27. The summed E-state index contributed by atoms with van der Waals surface area (Å²) in [6, 6.07) is 9.87. The van der Waals surface area contributed by atoms with E-state index in [2.05, 4.69) is 4.98 Å². The molecule has 142 valence electrons. The number of aromatic nitrogens is 1. The van der Waals surface area contributed by atoms with Gasteiger partial charge in [-0.1, -0.05) is 18.2 Å². The number of benzene rings is 1. The van der Waals surface area contributed by atoms with Crippen molar-refractivity contribution < 1.29 is 14.3 Å². The molecule has 2 fully saturated rings. The summed E-state index contributed by atoms with van der Waals surface area (Å²) in [7, 11) is 0. The third kappa shape index (κ3) is 3.75. The van der Waals surface area contributed by atoms with Crippen LogP contribution in [0.5, 0.6) is 5.75 Å². The van der Waals surface area contributed by atoms with Gasteiger partial charge < -0.3 is 14.5 Å². The summed E-state index contributed by atoms with van der Waals surface area (Å²) in [5.41, 5.74) is 0.862. The normalized spacial score (nSPS) is 20.9. The van der Waals surface area contributed by atoms with Gasteiger partial charge in [-0.25, -0.2) is 0 Å². The second-order valence-electron chi connectivity index (χ2n) is 7.42. The second-order valence-corrected chi connectivity index (χ2v) is 7.42. The molecule has 0 N–H and O–H groups in total. The fraction of sp³-hybridized carbons (Fsp3) is 0.476. The van der Waals surface area contributed by atoms with E-state index in [0.717, 1.165) is 42.5 Å². The maximum absolute atomic E-state index is 12.8. The van der Waals surface area contributed by atoms with Gasteiger partial charge in [0.25, 0.3) is 0 Å². The molecule has 2 amide bonds. The van der Waals surface area contributed by atoms with Crippen LogP contribution in [0.25, 0.3) is 10.9 Å². The van der Waals surface area contributed by atoms with Crippen molar-refractivity contribution in [1.29, 1.82) is 0 Å². The van der Waals surface area contributed by atoms with Gasteiger partial charge >= 0.3 is 0 Å². The Labute approximate surface area is 159 Å². The first-order valence-electron chi connectivity index (χ1n) is 9.66. The highest BCUT2D eigenvalue weighted by molar-refractivity contribution is 5.84. The van der Waals surface area contributed by atoms with E-state index in [0.29, 0.717) is 19.6 Å². The molecule has 1 aromatic heterocycles. The number of para-hydroxylation sites is 1. The smallest absolute Gasteiger partial charge is 0.225 e. The number of ether oxygens (including phenoxy) is 1. The summed E-state index contributed by atoms with van der Waals surface area (Å²) in [5.74, 6) is 1.11. The topological polar surface area (TPSA) is 62.7 Å². The van der Waals surface area contributed by atoms with Crippen molar-refractivity contribution in [1.82, 2.24) is 14.8 Å². The lowest BCUT2D eigenvalue weighted by Crippen LogP contribution is -2.43. The van der Waals surface area contributed by atoms with Crippen LogP contribution >= 0.6 is 0 Å². The van der Waals surface area contributed by atoms with Gasteiger partial charge in [0.1, 0.15) is 17.4 Å². The lowest BCUT2D eigenvalue weighted by atomic mass is 9.95. The molecule has 0 bridgehead atoms. The molecular weight excluding hydrogens is 342 g/mol. The lowest BCUT2D eigenvalue weighted by molar-refractivity contribution is -0.139. The van der Waals surface area contributed by atoms with Crippen LogP contribution in [0, 0.1) is 5.92 Å². The van der Waals surface area contributed by atoms with Crippen LogP contribution in [0.3, 0.4) is 0 Å². The Bertz CT molecular complexity index is 840. The Morgan fingerprint density at radius 1 is 1.04 bits per heavy atom. The number of fused-ring (bicyclic) bond motifs is 1. The molecule has 1 atom stereocenters. The summed E-state index contributed by atoms with van der Waals surface area (Å²) in [5, 5.41) is 1.05. The van der Waals surface area contributed by atoms with E-state index in [1.165, 1.54) is 0 Å². The van der Waals surface area contributed by atoms with Gasteiger partial charge in [-0.15, -0.1) is 0 Å². The minimum Gasteiger partial charge on any atom is -0.486 e. The highest BCUT2D eigenvalue weighted by atomic mass is 16.5. The van der Waals surface area contributed by atoms with E-state index in [4.69, 9.17) is 4.74 Å². The van der Waals surface area contributed by atoms with E-state index >= 15 is 0 Å². The summed E-state index contributed by atoms with van der Waals surface area (Å²) in [4.78, 5) is 32.5. The number of amides is 2. The molecule has 2 aliphatic rings. The first kappa shape index (κ1) is 17.8. The molecule has 6 nitrogen and oxygen atoms in total. The quantitative estimate of drug-likeness (QED) is 0.836. The van der Waals surface area contributed by atoms with Gasteiger partial charge in [-0.05, 0) is 25.0 Å². The van der Waals surface area contributed by atoms with Gasteiger partial charge in [0, 0.05) is 50.5 Å². The largest absolute Gasteiger partial charge is 0.486 e. The average molecular weight is 367 g/mol. The fourth-order valence-corrected chi connectivity index (χ4v) is 4.07. The summed E-state index contributed by atoms with van der Waals surface area (Å²) in [6.45, 7) is 4.30. The molecule has 2 aliphatic heterocycles. The van der Waals surface area contributed by atoms with Crippen LogP contribution in [0.4, 0.5) is 0 Å². The molecule has 0 aliphatic carbocycles. The van der Waals surface area contributed by atoms with Crippen molar-refractivity contribution in [2.75, 3.05) is 26.2 Å². The van der Waals surface area contributed by atoms with E-state index in [9.17, 15) is 9.59 Å². The summed E-state index contributed by atoms with van der Waals surface area (Å²) < 4.78 is 6.20. The first-order chi connectivity index (χ1) is 13.1. The molecule has 6 heteroatoms. The summed E-state index contributed by atoms with van der Waals surface area (Å²) in [6.07, 6.45) is 4.12. The zero-order valence-corrected chi connectivity index (χ0v) is 15.6. The second kappa shape index (κ2) is 7.55. The number of carbonyl (C=O) groups excluding carboxylic acids is 2. The number of hydrogen-bond donors (Lipinski definition) is 0. The van der Waals surface area contributed by atoms with Gasteiger partial charge in [0.05, 0.1) is 6.54 Å². The Morgan fingerprint density at radius 3 is 2.56 bits per heavy atom. The molecule has 2 aromatic rings. The third-order valence-electron chi connectivity index (χ3n) is 5.64. The van der Waals surface area contributed by atoms with Gasteiger partial charge in [0.2, 0.25) is 11.8 Å². The van der Waals surface area contributed by atoms with E-state index in [1.54, 1.807) is 13.1 Å². The number of likely N-dealkylation sites (tertiary alicyclic amines) is 2. The van der Waals surface area contributed by atoms with E-state index < -0.39 is 0 Å². The van der Waals surface area contributed by atoms with Crippen molar-refractivity contribution in [2.24, 2.45) is 5.92 Å². The zero-order valence-electron chi connectivity index (χ0n) is 15.6. The average Bonchev–Trinajstić information content (AvgIpc) is 3.16. The van der Waals surface area contributed by atoms with E-state index in [1.807, 2.05) is 40.1 Å². The van der Waals surface area contributed by atoms with E-state index in [-0.39, 0.29) is 23.8 Å². The molecule has 1 unspecified atom stereocenters. The Hall–Kier alpha value is -2.63. The van der Waals surface area contributed by atoms with Crippen molar-refractivity contribution >= 4 is 22.7 Å². The van der Waals surface area contributed by atoms with Gasteiger partial charge in [0.15, 0.2) is 0 Å². The maximum Gasteiger partial charge on any atom is 0.225 e. The molecule has 2 saturated heterocycles. The monoisotopic (exact) mass is 367 g/mol. The lowest BCUT2D eigenvalue weighted by Gasteiger charge is -2.32. The minimum atomic E-state index is -0.00105. The molecule has 27 heavy (non-hydrogen) atoms. The predicted octanol–water partition coefficient (Wildman–Crippen LogP) is 2.47. The molecule has 0 saturated carbocycles. The molecule has 4 rings (SSSR count). The SMILES string of the molecule is CC(=O)N1CCC(C(=O)N2CCC(Oc3cccc4cccnc34)C2)CC1. The molecule has 0 radical (unpaired) electrons. The maximum atomic E-state index is 12.8. The van der Waals surface area contributed by atoms with Crippen molar-refractivity contribution in [2.45, 2.75) is 32.3 Å². The molecule has 3 heterocycles. The first-order valence-corrected chi connectivity index (χ1v) is 9.66. The fourth-order valence-electron chi connectivity index (χ4n) is 4.07. The Balaban J connectivity index is 1.36. The van der Waals surface area contributed by atoms with Crippen LogP contribution in [0.2, 0.25) is 0 Å². The molecule has 0 spiro atoms. The van der Waals surface area contributed by atoms with Crippen molar-refractivity contribution in [3.8, 4) is 5.75 Å². The zero-order chi connectivity index (χ0) is 18.8. The Morgan fingerprint density at radius 2 is 1.78 bits per heavy atom. The Kier molecular flexibility index (Phi) is 4.97.